The van der Waals surface area contributed by atoms with Gasteiger partial charge in [-0.25, -0.2) is 0 Å². The predicted molar refractivity (Wildman–Crippen MR) is 98.2 cm³/mol. The van der Waals surface area contributed by atoms with Gasteiger partial charge in [-0.05, 0) is 29.6 Å². The Morgan fingerprint density at radius 2 is 2.13 bits per heavy atom. The molecule has 4 nitrogen and oxygen atoms in total. The fourth-order valence-electron chi connectivity index (χ4n) is 1.68. The van der Waals surface area contributed by atoms with Crippen LogP contribution in [0.25, 0.3) is 0 Å². The quantitative estimate of drug-likeness (QED) is 0.455. The van der Waals surface area contributed by atoms with Crippen molar-refractivity contribution in [3.05, 3.63) is 56.2 Å². The van der Waals surface area contributed by atoms with E-state index in [-0.39, 0.29) is 5.91 Å². The van der Waals surface area contributed by atoms with Crippen molar-refractivity contribution in [2.24, 2.45) is 0 Å². The minimum absolute atomic E-state index is 0.298. The Hall–Kier alpha value is -1.12. The standard InChI is InChI=1S/C14H9Cl2N3OS3/c15-8-3-4-10(11(16)6-8)12(20)17-13-18-19-14(23-13)22-7-9-2-1-5-21-9/h1-6H,7H2,(H,17,18,20). The number of hydrogen-bond donors (Lipinski definition) is 1. The average molecular weight is 402 g/mol. The molecule has 0 saturated carbocycles. The maximum absolute atomic E-state index is 12.2. The van der Waals surface area contributed by atoms with Crippen molar-refractivity contribution in [2.45, 2.75) is 10.1 Å². The van der Waals surface area contributed by atoms with Crippen LogP contribution >= 0.6 is 57.6 Å². The van der Waals surface area contributed by atoms with Gasteiger partial charge >= 0.3 is 0 Å². The molecule has 0 radical (unpaired) electrons. The highest BCUT2D eigenvalue weighted by atomic mass is 35.5. The molecule has 1 aromatic carbocycles. The monoisotopic (exact) mass is 401 g/mol. The van der Waals surface area contributed by atoms with E-state index < -0.39 is 0 Å². The molecular weight excluding hydrogens is 393 g/mol. The maximum atomic E-state index is 12.2. The molecule has 0 aliphatic heterocycles. The molecule has 0 fully saturated rings. The molecule has 3 rings (SSSR count). The van der Waals surface area contributed by atoms with Crippen LogP contribution in [-0.4, -0.2) is 16.1 Å². The molecule has 0 spiro atoms. The van der Waals surface area contributed by atoms with Crippen LogP contribution in [0.5, 0.6) is 0 Å². The summed E-state index contributed by atoms with van der Waals surface area (Å²) in [5.74, 6) is 0.501. The van der Waals surface area contributed by atoms with Crippen molar-refractivity contribution in [1.29, 1.82) is 0 Å². The lowest BCUT2D eigenvalue weighted by atomic mass is 10.2. The molecule has 0 saturated heterocycles. The van der Waals surface area contributed by atoms with Crippen molar-refractivity contribution < 1.29 is 4.79 Å². The fraction of sp³-hybridized carbons (Fsp3) is 0.0714. The number of carbonyl (C=O) groups is 1. The predicted octanol–water partition coefficient (Wildman–Crippen LogP) is 5.45. The summed E-state index contributed by atoms with van der Waals surface area (Å²) in [7, 11) is 0. The highest BCUT2D eigenvalue weighted by Gasteiger charge is 2.14. The number of anilines is 1. The first kappa shape index (κ1) is 16.7. The lowest BCUT2D eigenvalue weighted by Crippen LogP contribution is -2.12. The third-order valence-corrected chi connectivity index (χ3v) is 6.35. The molecule has 0 aliphatic carbocycles. The molecule has 1 amide bonds. The van der Waals surface area contributed by atoms with E-state index in [0.29, 0.717) is 20.7 Å². The molecular formula is C14H9Cl2N3OS3. The Labute approximate surface area is 154 Å². The van der Waals surface area contributed by atoms with E-state index in [1.54, 1.807) is 35.2 Å². The zero-order valence-corrected chi connectivity index (χ0v) is 15.4. The largest absolute Gasteiger partial charge is 0.296 e. The molecule has 3 aromatic rings. The van der Waals surface area contributed by atoms with Gasteiger partial charge in [-0.3, -0.25) is 10.1 Å². The van der Waals surface area contributed by atoms with E-state index >= 15 is 0 Å². The summed E-state index contributed by atoms with van der Waals surface area (Å²) in [6.45, 7) is 0. The number of benzene rings is 1. The second-order valence-electron chi connectivity index (χ2n) is 4.32. The summed E-state index contributed by atoms with van der Waals surface area (Å²) in [5.41, 5.74) is 0.346. The number of rotatable bonds is 5. The van der Waals surface area contributed by atoms with E-state index in [1.807, 2.05) is 11.4 Å². The van der Waals surface area contributed by atoms with Crippen LogP contribution in [0.4, 0.5) is 5.13 Å². The van der Waals surface area contributed by atoms with Gasteiger partial charge < -0.3 is 0 Å². The highest BCUT2D eigenvalue weighted by molar-refractivity contribution is 8.00. The van der Waals surface area contributed by atoms with Gasteiger partial charge in [-0.15, -0.1) is 21.5 Å². The van der Waals surface area contributed by atoms with Crippen molar-refractivity contribution in [2.75, 3.05) is 5.32 Å². The van der Waals surface area contributed by atoms with Gasteiger partial charge in [0.15, 0.2) is 4.34 Å². The van der Waals surface area contributed by atoms with Gasteiger partial charge in [-0.2, -0.15) is 0 Å². The first-order valence-corrected chi connectivity index (χ1v) is 9.80. The Balaban J connectivity index is 1.63. The summed E-state index contributed by atoms with van der Waals surface area (Å²) in [6.07, 6.45) is 0. The van der Waals surface area contributed by atoms with Crippen LogP contribution in [0.15, 0.2) is 40.1 Å². The molecule has 0 unspecified atom stereocenters. The summed E-state index contributed by atoms with van der Waals surface area (Å²) in [6, 6.07) is 8.81. The molecule has 0 atom stereocenters. The minimum Gasteiger partial charge on any atom is -0.296 e. The van der Waals surface area contributed by atoms with E-state index in [0.717, 1.165) is 10.1 Å². The minimum atomic E-state index is -0.336. The Bertz CT molecular complexity index is 821. The number of thioether (sulfide) groups is 1. The van der Waals surface area contributed by atoms with Gasteiger partial charge in [0, 0.05) is 15.7 Å². The molecule has 118 valence electrons. The molecule has 0 bridgehead atoms. The lowest BCUT2D eigenvalue weighted by molar-refractivity contribution is 0.102. The molecule has 0 aliphatic rings. The van der Waals surface area contributed by atoms with E-state index in [9.17, 15) is 4.79 Å². The Kier molecular flexibility index (Phi) is 5.55. The molecule has 1 N–H and O–H groups in total. The second kappa shape index (κ2) is 7.63. The Morgan fingerprint density at radius 3 is 2.87 bits per heavy atom. The summed E-state index contributed by atoms with van der Waals surface area (Å²) >= 11 is 16.5. The summed E-state index contributed by atoms with van der Waals surface area (Å²) in [5, 5.41) is 14.0. The third-order valence-electron chi connectivity index (χ3n) is 2.72. The number of halogens is 2. The van der Waals surface area contributed by atoms with Crippen LogP contribution in [0, 0.1) is 0 Å². The maximum Gasteiger partial charge on any atom is 0.259 e. The number of carbonyl (C=O) groups excluding carboxylic acids is 1. The van der Waals surface area contributed by atoms with E-state index in [1.165, 1.54) is 22.3 Å². The number of thiophene rings is 1. The van der Waals surface area contributed by atoms with Crippen molar-refractivity contribution in [3.63, 3.8) is 0 Å². The number of aromatic nitrogens is 2. The zero-order valence-electron chi connectivity index (χ0n) is 11.5. The number of amides is 1. The van der Waals surface area contributed by atoms with Gasteiger partial charge in [0.05, 0.1) is 10.6 Å². The topological polar surface area (TPSA) is 54.9 Å². The first-order chi connectivity index (χ1) is 11.1. The highest BCUT2D eigenvalue weighted by Crippen LogP contribution is 2.30. The second-order valence-corrected chi connectivity index (χ2v) is 8.40. The van der Waals surface area contributed by atoms with Crippen molar-refractivity contribution in [3.8, 4) is 0 Å². The molecule has 9 heteroatoms. The van der Waals surface area contributed by atoms with Crippen molar-refractivity contribution in [1.82, 2.24) is 10.2 Å². The SMILES string of the molecule is O=C(Nc1nnc(SCc2cccs2)s1)c1ccc(Cl)cc1Cl. The van der Waals surface area contributed by atoms with Crippen molar-refractivity contribution >= 4 is 68.7 Å². The van der Waals surface area contributed by atoms with Gasteiger partial charge in [0.25, 0.3) is 5.91 Å². The average Bonchev–Trinajstić information content (AvgIpc) is 3.16. The first-order valence-electron chi connectivity index (χ1n) is 6.37. The van der Waals surface area contributed by atoms with Gasteiger partial charge in [0.1, 0.15) is 0 Å². The zero-order chi connectivity index (χ0) is 16.2. The molecule has 2 aromatic heterocycles. The Morgan fingerprint density at radius 1 is 1.26 bits per heavy atom. The van der Waals surface area contributed by atoms with Crippen LogP contribution in [0.3, 0.4) is 0 Å². The number of nitrogens with zero attached hydrogens (tertiary/aromatic N) is 2. The third kappa shape index (κ3) is 4.45. The van der Waals surface area contributed by atoms with E-state index in [2.05, 4.69) is 21.6 Å². The van der Waals surface area contributed by atoms with Crippen LogP contribution in [0.2, 0.25) is 10.0 Å². The lowest BCUT2D eigenvalue weighted by Gasteiger charge is -2.03. The summed E-state index contributed by atoms with van der Waals surface area (Å²) < 4.78 is 0.802. The number of nitrogens with one attached hydrogen (secondary N) is 1. The fourth-order valence-corrected chi connectivity index (χ4v) is 4.70. The van der Waals surface area contributed by atoms with Gasteiger partial charge in [-0.1, -0.05) is 52.4 Å². The van der Waals surface area contributed by atoms with Crippen LogP contribution in [0.1, 0.15) is 15.2 Å². The van der Waals surface area contributed by atoms with Crippen LogP contribution in [-0.2, 0) is 5.75 Å². The van der Waals surface area contributed by atoms with E-state index in [4.69, 9.17) is 23.2 Å². The molecule has 23 heavy (non-hydrogen) atoms. The number of hydrogen-bond acceptors (Lipinski definition) is 6. The summed E-state index contributed by atoms with van der Waals surface area (Å²) in [4.78, 5) is 13.5. The smallest absolute Gasteiger partial charge is 0.259 e. The van der Waals surface area contributed by atoms with Gasteiger partial charge in [0.2, 0.25) is 5.13 Å². The molecule has 2 heterocycles. The van der Waals surface area contributed by atoms with Crippen LogP contribution < -0.4 is 5.32 Å². The normalized spacial score (nSPS) is 10.7.